The number of rotatable bonds is 7. The third-order valence-electron chi connectivity index (χ3n) is 10.9. The molecule has 0 radical (unpaired) electrons. The lowest BCUT2D eigenvalue weighted by Gasteiger charge is -2.36. The van der Waals surface area contributed by atoms with Gasteiger partial charge in [-0.2, -0.15) is 15.8 Å². The van der Waals surface area contributed by atoms with Crippen LogP contribution in [0.5, 0.6) is 5.75 Å². The Hall–Kier alpha value is -5.77. The van der Waals surface area contributed by atoms with Gasteiger partial charge < -0.3 is 14.4 Å². The minimum Gasteiger partial charge on any atom is -0.480 e. The van der Waals surface area contributed by atoms with Crippen molar-refractivity contribution in [3.8, 4) is 24.0 Å². The van der Waals surface area contributed by atoms with Crippen LogP contribution in [0.4, 0.5) is 5.69 Å². The lowest BCUT2D eigenvalue weighted by Crippen LogP contribution is -2.28. The molecule has 268 valence electrons. The van der Waals surface area contributed by atoms with Gasteiger partial charge in [0.2, 0.25) is 0 Å². The second-order valence-electron chi connectivity index (χ2n) is 16.2. The minimum absolute atomic E-state index is 0.00445. The van der Waals surface area contributed by atoms with Crippen molar-refractivity contribution in [1.82, 2.24) is 0 Å². The highest BCUT2D eigenvalue weighted by atomic mass is 16.5. The zero-order valence-corrected chi connectivity index (χ0v) is 32.0. The fourth-order valence-electron chi connectivity index (χ4n) is 7.76. The Bertz CT molecular complexity index is 2160. The number of ether oxygens (including phenoxy) is 2. The Morgan fingerprint density at radius 2 is 1.64 bits per heavy atom. The minimum atomic E-state index is -0.923. The van der Waals surface area contributed by atoms with Crippen LogP contribution in [0.25, 0.3) is 0 Å². The summed E-state index contributed by atoms with van der Waals surface area (Å²) < 4.78 is 12.9. The van der Waals surface area contributed by atoms with E-state index in [0.29, 0.717) is 11.5 Å². The van der Waals surface area contributed by atoms with Gasteiger partial charge in [0, 0.05) is 28.9 Å². The highest BCUT2D eigenvalue weighted by Gasteiger charge is 2.41. The number of benzene rings is 2. The van der Waals surface area contributed by atoms with Gasteiger partial charge >= 0.3 is 0 Å². The molecule has 2 aromatic carbocycles. The molecule has 0 saturated heterocycles. The number of para-hydroxylation sites is 2. The van der Waals surface area contributed by atoms with Gasteiger partial charge in [0.25, 0.3) is 0 Å². The highest BCUT2D eigenvalue weighted by molar-refractivity contribution is 5.72. The van der Waals surface area contributed by atoms with Crippen molar-refractivity contribution >= 4 is 5.69 Å². The molecule has 4 aliphatic rings. The summed E-state index contributed by atoms with van der Waals surface area (Å²) >= 11 is 0. The van der Waals surface area contributed by atoms with E-state index in [1.54, 1.807) is 0 Å². The number of fused-ring (bicyclic) bond motifs is 1. The molecule has 0 saturated carbocycles. The van der Waals surface area contributed by atoms with E-state index in [0.717, 1.165) is 54.9 Å². The van der Waals surface area contributed by atoms with E-state index < -0.39 is 5.60 Å². The Morgan fingerprint density at radius 3 is 2.30 bits per heavy atom. The smallest absolute Gasteiger partial charge is 0.172 e. The molecule has 6 rings (SSSR count). The molecule has 2 heterocycles. The highest BCUT2D eigenvalue weighted by Crippen LogP contribution is 2.49. The number of nitriles is 3. The molecule has 2 aliphatic heterocycles. The van der Waals surface area contributed by atoms with E-state index in [1.807, 2.05) is 68.5 Å². The fraction of sp³-hybridized carbons (Fsp3) is 0.340. The van der Waals surface area contributed by atoms with E-state index in [-0.39, 0.29) is 27.7 Å². The molecule has 0 bridgehead atoms. The van der Waals surface area contributed by atoms with Crippen LogP contribution in [0.1, 0.15) is 79.7 Å². The van der Waals surface area contributed by atoms with Crippen LogP contribution in [-0.2, 0) is 10.2 Å². The van der Waals surface area contributed by atoms with Crippen molar-refractivity contribution in [2.75, 3.05) is 11.4 Å². The molecule has 0 N–H and O–H groups in total. The lowest BCUT2D eigenvalue weighted by atomic mass is 9.70. The molecule has 1 atom stereocenters. The van der Waals surface area contributed by atoms with Crippen LogP contribution in [0.2, 0.25) is 0 Å². The molecular formula is C47H48N4O2. The largest absolute Gasteiger partial charge is 0.480 e. The Kier molecular flexibility index (Phi) is 10.3. The first-order chi connectivity index (χ1) is 25.3. The lowest BCUT2D eigenvalue weighted by molar-refractivity contribution is 0.0954. The summed E-state index contributed by atoms with van der Waals surface area (Å²) in [4.78, 5) is 2.47. The summed E-state index contributed by atoms with van der Waals surface area (Å²) in [6.07, 6.45) is 19.2. The number of nitrogens with zero attached hydrogens (tertiary/aromatic N) is 4. The average Bonchev–Trinajstić information content (AvgIpc) is 3.52. The summed E-state index contributed by atoms with van der Waals surface area (Å²) in [6, 6.07) is 24.6. The zero-order valence-electron chi connectivity index (χ0n) is 32.0. The van der Waals surface area contributed by atoms with E-state index >= 15 is 0 Å². The predicted octanol–water partition coefficient (Wildman–Crippen LogP) is 11.1. The van der Waals surface area contributed by atoms with Gasteiger partial charge in [-0.25, -0.2) is 0 Å². The number of allylic oxidation sites excluding steroid dienone is 10. The van der Waals surface area contributed by atoms with Crippen molar-refractivity contribution in [3.05, 3.63) is 153 Å². The monoisotopic (exact) mass is 700 g/mol. The van der Waals surface area contributed by atoms with Crippen LogP contribution in [0.15, 0.2) is 148 Å². The molecule has 0 amide bonds. The Labute approximate surface area is 315 Å². The van der Waals surface area contributed by atoms with Gasteiger partial charge in [-0.15, -0.1) is 0 Å². The first-order valence-electron chi connectivity index (χ1n) is 18.5. The van der Waals surface area contributed by atoms with Gasteiger partial charge in [0.1, 0.15) is 40.9 Å². The first kappa shape index (κ1) is 37.0. The van der Waals surface area contributed by atoms with Crippen LogP contribution in [0.3, 0.4) is 0 Å². The Balaban J connectivity index is 1.53. The first-order valence-corrected chi connectivity index (χ1v) is 18.5. The topological polar surface area (TPSA) is 93.1 Å². The van der Waals surface area contributed by atoms with E-state index in [4.69, 9.17) is 9.47 Å². The molecule has 6 nitrogen and oxygen atoms in total. The summed E-state index contributed by atoms with van der Waals surface area (Å²) in [5.74, 6) is 1.87. The second kappa shape index (κ2) is 14.7. The molecule has 0 fully saturated rings. The average molecular weight is 701 g/mol. The van der Waals surface area contributed by atoms with Crippen LogP contribution in [0, 0.1) is 45.3 Å². The number of hydrogen-bond donors (Lipinski definition) is 0. The molecule has 53 heavy (non-hydrogen) atoms. The summed E-state index contributed by atoms with van der Waals surface area (Å²) in [6.45, 7) is 16.0. The van der Waals surface area contributed by atoms with E-state index in [1.165, 1.54) is 22.5 Å². The number of anilines is 1. The maximum Gasteiger partial charge on any atom is 0.172 e. The van der Waals surface area contributed by atoms with Crippen molar-refractivity contribution < 1.29 is 9.47 Å². The summed E-state index contributed by atoms with van der Waals surface area (Å²) in [5, 5.41) is 29.4. The van der Waals surface area contributed by atoms with Crippen LogP contribution < -0.4 is 9.64 Å². The molecule has 0 spiro atoms. The van der Waals surface area contributed by atoms with Gasteiger partial charge in [0.15, 0.2) is 11.3 Å². The van der Waals surface area contributed by atoms with Gasteiger partial charge in [0.05, 0.1) is 0 Å². The van der Waals surface area contributed by atoms with Gasteiger partial charge in [-0.05, 0) is 97.4 Å². The van der Waals surface area contributed by atoms with Crippen LogP contribution >= 0.6 is 0 Å². The molecule has 0 aromatic heterocycles. The van der Waals surface area contributed by atoms with E-state index in [9.17, 15) is 15.8 Å². The predicted molar refractivity (Wildman–Crippen MR) is 211 cm³/mol. The quantitative estimate of drug-likeness (QED) is 0.267. The number of hydrogen-bond acceptors (Lipinski definition) is 6. The maximum atomic E-state index is 10.2. The third-order valence-corrected chi connectivity index (χ3v) is 10.9. The fourth-order valence-corrected chi connectivity index (χ4v) is 7.76. The van der Waals surface area contributed by atoms with Gasteiger partial charge in [-0.1, -0.05) is 107 Å². The second-order valence-corrected chi connectivity index (χ2v) is 16.2. The Morgan fingerprint density at radius 1 is 0.925 bits per heavy atom. The van der Waals surface area contributed by atoms with Crippen molar-refractivity contribution in [2.45, 2.75) is 85.2 Å². The molecular weight excluding hydrogens is 653 g/mol. The summed E-state index contributed by atoms with van der Waals surface area (Å²) in [5.41, 5.74) is 6.68. The molecule has 2 aliphatic carbocycles. The molecule has 1 unspecified atom stereocenters. The van der Waals surface area contributed by atoms with Crippen molar-refractivity contribution in [3.63, 3.8) is 0 Å². The zero-order chi connectivity index (χ0) is 38.0. The van der Waals surface area contributed by atoms with Gasteiger partial charge in [-0.3, -0.25) is 0 Å². The SMILES string of the molecule is CC1(C)OC(=C(C#N)C#N)C(C#N)=C1/C=C/C1=C(Oc2ccccc2)C(=C/C=C2/N(CC3=CCCC=C3)c3ccccc3C2(C)C)/CC(C(C)(C)C)C1. The van der Waals surface area contributed by atoms with Crippen LogP contribution in [-0.4, -0.2) is 12.1 Å². The molecule has 2 aromatic rings. The van der Waals surface area contributed by atoms with Crippen molar-refractivity contribution in [1.29, 1.82) is 15.8 Å². The third kappa shape index (κ3) is 7.44. The van der Waals surface area contributed by atoms with Crippen molar-refractivity contribution in [2.24, 2.45) is 11.3 Å². The maximum absolute atomic E-state index is 10.2. The normalized spacial score (nSPS) is 22.0. The standard InChI is InChI=1S/C47H48N4O2/c1-45(2,3)36-26-33(22-24-39-38(30-50)44(35(28-48)29-49)53-47(39,6)7)43(52-37-18-12-9-13-19-37)34(27-36)23-25-42-46(4,5)40-20-14-15-21-41(40)51(42)31-32-16-10-8-11-17-32/h9-10,12-25,36H,8,11,26-27,31H2,1-7H3/b24-22+,34-23+,42-25+. The summed E-state index contributed by atoms with van der Waals surface area (Å²) in [7, 11) is 0. The van der Waals surface area contributed by atoms with E-state index in [2.05, 4.69) is 100 Å². The molecule has 6 heteroatoms.